The van der Waals surface area contributed by atoms with Crippen LogP contribution in [0.3, 0.4) is 0 Å². The van der Waals surface area contributed by atoms with Crippen molar-refractivity contribution in [2.24, 2.45) is 0 Å². The van der Waals surface area contributed by atoms with Gasteiger partial charge in [0.25, 0.3) is 0 Å². The molecule has 0 saturated carbocycles. The van der Waals surface area contributed by atoms with E-state index < -0.39 is 0 Å². The number of nitrogen functional groups attached to an aromatic ring is 1. The lowest BCUT2D eigenvalue weighted by atomic mass is 10.1. The molecule has 0 aliphatic heterocycles. The zero-order chi connectivity index (χ0) is 10.7. The summed E-state index contributed by atoms with van der Waals surface area (Å²) in [6, 6.07) is 5.01. The number of hydrogen-bond donors (Lipinski definition) is 1. The van der Waals surface area contributed by atoms with Crippen molar-refractivity contribution in [1.29, 1.82) is 0 Å². The fourth-order valence-electron chi connectivity index (χ4n) is 1.25. The van der Waals surface area contributed by atoms with Crippen molar-refractivity contribution >= 4 is 11.5 Å². The van der Waals surface area contributed by atoms with Gasteiger partial charge < -0.3 is 5.73 Å². The predicted molar refractivity (Wildman–Crippen MR) is 56.3 cm³/mol. The second kappa shape index (κ2) is 3.88. The summed E-state index contributed by atoms with van der Waals surface area (Å²) >= 11 is 0. The molecular weight excluding hydrogens is 190 g/mol. The summed E-state index contributed by atoms with van der Waals surface area (Å²) in [6.45, 7) is 0. The molecule has 2 aromatic rings. The third-order valence-electron chi connectivity index (χ3n) is 2.02. The molecule has 4 heteroatoms. The van der Waals surface area contributed by atoms with Gasteiger partial charge in [-0.2, -0.15) is 0 Å². The first-order valence-corrected chi connectivity index (χ1v) is 4.43. The quantitative estimate of drug-likeness (QED) is 0.740. The Kier molecular flexibility index (Phi) is 2.41. The number of ketones is 1. The van der Waals surface area contributed by atoms with Crippen molar-refractivity contribution in [1.82, 2.24) is 9.97 Å². The SMILES string of the molecule is Nc1ccncc1C(=O)c1cccnc1. The topological polar surface area (TPSA) is 68.9 Å². The molecule has 0 saturated heterocycles. The van der Waals surface area contributed by atoms with Crippen molar-refractivity contribution in [3.05, 3.63) is 54.1 Å². The van der Waals surface area contributed by atoms with Crippen LogP contribution >= 0.6 is 0 Å². The van der Waals surface area contributed by atoms with Crippen LogP contribution in [0.4, 0.5) is 5.69 Å². The lowest BCUT2D eigenvalue weighted by Gasteiger charge is -2.02. The number of nitrogens with zero attached hydrogens (tertiary/aromatic N) is 2. The van der Waals surface area contributed by atoms with Crippen LogP contribution in [0.25, 0.3) is 0 Å². The first-order valence-electron chi connectivity index (χ1n) is 4.43. The first-order chi connectivity index (χ1) is 7.29. The van der Waals surface area contributed by atoms with Gasteiger partial charge in [-0.25, -0.2) is 0 Å². The number of rotatable bonds is 2. The summed E-state index contributed by atoms with van der Waals surface area (Å²) in [5.41, 5.74) is 7.03. The highest BCUT2D eigenvalue weighted by Gasteiger charge is 2.11. The highest BCUT2D eigenvalue weighted by Crippen LogP contribution is 2.13. The Hall–Kier alpha value is -2.23. The average molecular weight is 199 g/mol. The van der Waals surface area contributed by atoms with Gasteiger partial charge in [-0.3, -0.25) is 14.8 Å². The number of hydrogen-bond acceptors (Lipinski definition) is 4. The Bertz CT molecular complexity index is 482. The number of carbonyl (C=O) groups is 1. The average Bonchev–Trinajstić information content (AvgIpc) is 2.30. The van der Waals surface area contributed by atoms with E-state index in [1.165, 1.54) is 12.4 Å². The molecule has 2 rings (SSSR count). The lowest BCUT2D eigenvalue weighted by molar-refractivity contribution is 0.103. The Morgan fingerprint density at radius 3 is 2.60 bits per heavy atom. The number of aromatic nitrogens is 2. The summed E-state index contributed by atoms with van der Waals surface area (Å²) in [5, 5.41) is 0. The molecule has 0 amide bonds. The Labute approximate surface area is 86.8 Å². The van der Waals surface area contributed by atoms with E-state index in [2.05, 4.69) is 9.97 Å². The number of pyridine rings is 2. The monoisotopic (exact) mass is 199 g/mol. The van der Waals surface area contributed by atoms with Crippen LogP contribution in [0.5, 0.6) is 0 Å². The van der Waals surface area contributed by atoms with E-state index in [9.17, 15) is 4.79 Å². The fraction of sp³-hybridized carbons (Fsp3) is 0. The van der Waals surface area contributed by atoms with Gasteiger partial charge in [-0.15, -0.1) is 0 Å². The molecule has 0 aliphatic carbocycles. The molecule has 0 spiro atoms. The minimum Gasteiger partial charge on any atom is -0.398 e. The molecule has 0 fully saturated rings. The van der Waals surface area contributed by atoms with Gasteiger partial charge in [-0.05, 0) is 18.2 Å². The predicted octanol–water partition coefficient (Wildman–Crippen LogP) is 1.29. The van der Waals surface area contributed by atoms with Gasteiger partial charge in [0.05, 0.1) is 5.56 Å². The van der Waals surface area contributed by atoms with Crippen LogP contribution in [0, 0.1) is 0 Å². The van der Waals surface area contributed by atoms with E-state index in [0.717, 1.165) is 0 Å². The molecule has 0 atom stereocenters. The Morgan fingerprint density at radius 2 is 1.93 bits per heavy atom. The van der Waals surface area contributed by atoms with E-state index in [-0.39, 0.29) is 5.78 Å². The second-order valence-electron chi connectivity index (χ2n) is 3.03. The van der Waals surface area contributed by atoms with Gasteiger partial charge in [0, 0.05) is 36.0 Å². The molecule has 74 valence electrons. The highest BCUT2D eigenvalue weighted by atomic mass is 16.1. The number of nitrogens with two attached hydrogens (primary N) is 1. The molecule has 0 bridgehead atoms. The second-order valence-corrected chi connectivity index (χ2v) is 3.03. The molecule has 2 heterocycles. The maximum absolute atomic E-state index is 11.9. The molecule has 0 radical (unpaired) electrons. The summed E-state index contributed by atoms with van der Waals surface area (Å²) in [4.78, 5) is 19.7. The highest BCUT2D eigenvalue weighted by molar-refractivity contribution is 6.11. The van der Waals surface area contributed by atoms with Crippen molar-refractivity contribution < 1.29 is 4.79 Å². The minimum absolute atomic E-state index is 0.159. The normalized spacial score (nSPS) is 9.87. The van der Waals surface area contributed by atoms with Crippen LogP contribution in [-0.4, -0.2) is 15.8 Å². The van der Waals surface area contributed by atoms with E-state index in [4.69, 9.17) is 5.73 Å². The van der Waals surface area contributed by atoms with Crippen LogP contribution in [0.15, 0.2) is 43.0 Å². The van der Waals surface area contributed by atoms with Gasteiger partial charge in [0.15, 0.2) is 5.78 Å². The Morgan fingerprint density at radius 1 is 1.13 bits per heavy atom. The maximum Gasteiger partial charge on any atom is 0.198 e. The summed E-state index contributed by atoms with van der Waals surface area (Å²) in [6.07, 6.45) is 6.14. The number of anilines is 1. The van der Waals surface area contributed by atoms with Crippen molar-refractivity contribution in [2.45, 2.75) is 0 Å². The van der Waals surface area contributed by atoms with Crippen LogP contribution in [0.1, 0.15) is 15.9 Å². The maximum atomic E-state index is 11.9. The first kappa shape index (κ1) is 9.33. The van der Waals surface area contributed by atoms with E-state index in [1.807, 2.05) is 0 Å². The van der Waals surface area contributed by atoms with Crippen molar-refractivity contribution in [2.75, 3.05) is 5.73 Å². The van der Waals surface area contributed by atoms with Gasteiger partial charge >= 0.3 is 0 Å². The van der Waals surface area contributed by atoms with Gasteiger partial charge in [0.1, 0.15) is 0 Å². The summed E-state index contributed by atoms with van der Waals surface area (Å²) in [7, 11) is 0. The molecule has 0 aromatic carbocycles. The molecule has 0 aliphatic rings. The van der Waals surface area contributed by atoms with Crippen LogP contribution in [0.2, 0.25) is 0 Å². The number of carbonyl (C=O) groups excluding carboxylic acids is 1. The molecular formula is C11H9N3O. The molecule has 15 heavy (non-hydrogen) atoms. The zero-order valence-electron chi connectivity index (χ0n) is 7.92. The molecule has 2 N–H and O–H groups in total. The molecule has 2 aromatic heterocycles. The van der Waals surface area contributed by atoms with Gasteiger partial charge in [0.2, 0.25) is 0 Å². The third-order valence-corrected chi connectivity index (χ3v) is 2.02. The minimum atomic E-state index is -0.159. The standard InChI is InChI=1S/C11H9N3O/c12-10-3-5-14-7-9(10)11(15)8-2-1-4-13-6-8/h1-7H,(H2,12,14). The van der Waals surface area contributed by atoms with Crippen LogP contribution in [-0.2, 0) is 0 Å². The van der Waals surface area contributed by atoms with Gasteiger partial charge in [-0.1, -0.05) is 0 Å². The summed E-state index contributed by atoms with van der Waals surface area (Å²) in [5.74, 6) is -0.159. The van der Waals surface area contributed by atoms with Crippen molar-refractivity contribution in [3.63, 3.8) is 0 Å². The lowest BCUT2D eigenvalue weighted by Crippen LogP contribution is -2.05. The van der Waals surface area contributed by atoms with E-state index in [1.54, 1.807) is 30.6 Å². The molecule has 4 nitrogen and oxygen atoms in total. The summed E-state index contributed by atoms with van der Waals surface area (Å²) < 4.78 is 0. The van der Waals surface area contributed by atoms with Crippen molar-refractivity contribution in [3.8, 4) is 0 Å². The largest absolute Gasteiger partial charge is 0.398 e. The van der Waals surface area contributed by atoms with E-state index >= 15 is 0 Å². The smallest absolute Gasteiger partial charge is 0.198 e. The molecule has 0 unspecified atom stereocenters. The Balaban J connectivity index is 2.42. The van der Waals surface area contributed by atoms with Crippen LogP contribution < -0.4 is 5.73 Å². The van der Waals surface area contributed by atoms with E-state index in [0.29, 0.717) is 16.8 Å². The fourth-order valence-corrected chi connectivity index (χ4v) is 1.25. The third kappa shape index (κ3) is 1.83. The zero-order valence-corrected chi connectivity index (χ0v) is 7.92.